The lowest BCUT2D eigenvalue weighted by molar-refractivity contribution is 0.486. The van der Waals surface area contributed by atoms with Crippen molar-refractivity contribution in [2.45, 2.75) is 0 Å². The fraction of sp³-hybridized carbons (Fsp3) is 0. The van der Waals surface area contributed by atoms with Crippen LogP contribution in [0.2, 0.25) is 0 Å². The fourth-order valence-corrected chi connectivity index (χ4v) is 6.87. The van der Waals surface area contributed by atoms with Crippen LogP contribution in [0.1, 0.15) is 0 Å². The van der Waals surface area contributed by atoms with Gasteiger partial charge in [0.15, 0.2) is 0 Å². The predicted molar refractivity (Wildman–Crippen MR) is 189 cm³/mol. The van der Waals surface area contributed by atoms with Gasteiger partial charge in [0.25, 0.3) is 5.56 Å². The second-order valence-corrected chi connectivity index (χ2v) is 11.7. The van der Waals surface area contributed by atoms with E-state index in [1.807, 2.05) is 83.4 Å². The number of rotatable bonds is 2. The molecular weight excluding hydrogens is 562 g/mol. The Balaban J connectivity index is 1.51. The highest BCUT2D eigenvalue weighted by Crippen LogP contribution is 2.46. The molecule has 1 aliphatic rings. The molecule has 0 saturated heterocycles. The number of fused-ring (bicyclic) bond motifs is 8. The number of benzene rings is 7. The third-order valence-corrected chi connectivity index (χ3v) is 9.01. The average molecular weight is 590 g/mol. The number of hydrogen-bond donors (Lipinski definition) is 0. The number of para-hydroxylation sites is 2. The molecule has 0 radical (unpaired) electrons. The lowest BCUT2D eigenvalue weighted by Gasteiger charge is -2.24. The van der Waals surface area contributed by atoms with Crippen LogP contribution in [0.4, 0.5) is 0 Å². The molecule has 46 heavy (non-hydrogen) atoms. The summed E-state index contributed by atoms with van der Waals surface area (Å²) in [5.74, 6) is 1.46. The first-order valence-electron chi connectivity index (χ1n) is 15.5. The highest BCUT2D eigenvalue weighted by Gasteiger charge is 2.24. The van der Waals surface area contributed by atoms with Gasteiger partial charge in [0.05, 0.1) is 11.2 Å². The lowest BCUT2D eigenvalue weighted by atomic mass is 9.91. The van der Waals surface area contributed by atoms with Crippen molar-refractivity contribution in [3.05, 3.63) is 174 Å². The smallest absolute Gasteiger partial charge is 0.263 e. The first kappa shape index (κ1) is 26.2. The first-order chi connectivity index (χ1) is 22.7. The molecule has 3 nitrogen and oxygen atoms in total. The van der Waals surface area contributed by atoms with Crippen LogP contribution in [0.3, 0.4) is 0 Å². The van der Waals surface area contributed by atoms with Gasteiger partial charge in [0.1, 0.15) is 11.5 Å². The predicted octanol–water partition coefficient (Wildman–Crippen LogP) is 10.9. The number of pyridine rings is 1. The summed E-state index contributed by atoms with van der Waals surface area (Å²) in [6.45, 7) is 0. The molecule has 0 N–H and O–H groups in total. The molecule has 8 aromatic rings. The topological polar surface area (TPSA) is 31.2 Å². The van der Waals surface area contributed by atoms with Crippen LogP contribution in [0.25, 0.3) is 71.9 Å². The van der Waals surface area contributed by atoms with Gasteiger partial charge >= 0.3 is 0 Å². The van der Waals surface area contributed by atoms with Gasteiger partial charge in [-0.2, -0.15) is 0 Å². The van der Waals surface area contributed by atoms with E-state index in [2.05, 4.69) is 84.9 Å². The molecule has 1 aliphatic heterocycles. The van der Waals surface area contributed by atoms with E-state index < -0.39 is 0 Å². The maximum atomic E-state index is 14.9. The molecule has 0 saturated carbocycles. The van der Waals surface area contributed by atoms with Crippen LogP contribution in [0, 0.1) is 0 Å². The zero-order chi connectivity index (χ0) is 30.6. The summed E-state index contributed by atoms with van der Waals surface area (Å²) in [4.78, 5) is 14.9. The van der Waals surface area contributed by atoms with E-state index in [0.29, 0.717) is 5.39 Å². The molecule has 7 aromatic carbocycles. The van der Waals surface area contributed by atoms with Gasteiger partial charge in [-0.1, -0.05) is 121 Å². The molecule has 0 aliphatic carbocycles. The lowest BCUT2D eigenvalue weighted by Crippen LogP contribution is -2.21. The SMILES string of the molecule is O=c1c2ccccc2c2cc(-c3ccccc3)cc3c2n1-c1ccc(-c2ccccc2)cc1-c1ccccc1Oc1ccccc1-3. The Morgan fingerprint density at radius 2 is 0.935 bits per heavy atom. The van der Waals surface area contributed by atoms with E-state index in [1.54, 1.807) is 0 Å². The van der Waals surface area contributed by atoms with Gasteiger partial charge in [0.2, 0.25) is 0 Å². The monoisotopic (exact) mass is 589 g/mol. The number of aromatic nitrogens is 1. The minimum Gasteiger partial charge on any atom is -0.456 e. The molecule has 0 fully saturated rings. The molecule has 0 bridgehead atoms. The molecule has 0 amide bonds. The summed E-state index contributed by atoms with van der Waals surface area (Å²) in [5, 5.41) is 2.61. The van der Waals surface area contributed by atoms with Gasteiger partial charge in [-0.3, -0.25) is 9.36 Å². The maximum absolute atomic E-state index is 14.9. The van der Waals surface area contributed by atoms with Crippen LogP contribution in [-0.4, -0.2) is 4.57 Å². The molecule has 1 aromatic heterocycles. The van der Waals surface area contributed by atoms with Crippen LogP contribution < -0.4 is 10.3 Å². The second kappa shape index (κ2) is 10.5. The number of ether oxygens (including phenoxy) is 1. The molecule has 0 atom stereocenters. The first-order valence-corrected chi connectivity index (χ1v) is 15.5. The Morgan fingerprint density at radius 1 is 0.391 bits per heavy atom. The fourth-order valence-electron chi connectivity index (χ4n) is 6.87. The zero-order valence-electron chi connectivity index (χ0n) is 24.9. The number of hydrogen-bond acceptors (Lipinski definition) is 2. The van der Waals surface area contributed by atoms with Gasteiger partial charge < -0.3 is 4.74 Å². The van der Waals surface area contributed by atoms with Crippen molar-refractivity contribution < 1.29 is 4.74 Å². The molecular formula is C43H27NO2. The van der Waals surface area contributed by atoms with Crippen molar-refractivity contribution in [3.8, 4) is 61.7 Å². The summed E-state index contributed by atoms with van der Waals surface area (Å²) >= 11 is 0. The van der Waals surface area contributed by atoms with Gasteiger partial charge in [-0.05, 0) is 70.1 Å². The van der Waals surface area contributed by atoms with E-state index in [4.69, 9.17) is 4.74 Å². The third kappa shape index (κ3) is 4.10. The van der Waals surface area contributed by atoms with E-state index in [0.717, 1.165) is 78.0 Å². The van der Waals surface area contributed by atoms with E-state index in [1.165, 1.54) is 0 Å². The van der Waals surface area contributed by atoms with E-state index in [9.17, 15) is 4.79 Å². The van der Waals surface area contributed by atoms with E-state index >= 15 is 0 Å². The van der Waals surface area contributed by atoms with Crippen molar-refractivity contribution in [2.75, 3.05) is 0 Å². The molecule has 9 rings (SSSR count). The second-order valence-electron chi connectivity index (χ2n) is 11.7. The van der Waals surface area contributed by atoms with Crippen LogP contribution in [0.15, 0.2) is 169 Å². The Morgan fingerprint density at radius 3 is 1.63 bits per heavy atom. The van der Waals surface area contributed by atoms with Crippen LogP contribution in [-0.2, 0) is 0 Å². The minimum atomic E-state index is -0.0537. The van der Waals surface area contributed by atoms with Gasteiger partial charge in [-0.15, -0.1) is 0 Å². The standard InChI is InChI=1S/C43H27NO2/c45-43-35-20-8-7-17-32(35)37-26-31(29-15-5-2-6-16-29)27-38-34-19-10-12-22-41(34)46-40-21-11-9-18-33(40)36-25-30(28-13-3-1-4-14-28)23-24-39(36)44(43)42(37)38/h1-27H. The summed E-state index contributed by atoms with van der Waals surface area (Å²) in [7, 11) is 0. The van der Waals surface area contributed by atoms with Crippen LogP contribution >= 0.6 is 0 Å². The van der Waals surface area contributed by atoms with Crippen molar-refractivity contribution in [3.63, 3.8) is 0 Å². The quantitative estimate of drug-likeness (QED) is 0.188. The summed E-state index contributed by atoms with van der Waals surface area (Å²) < 4.78 is 8.78. The maximum Gasteiger partial charge on any atom is 0.263 e. The Hall–Kier alpha value is -6.19. The highest BCUT2D eigenvalue weighted by atomic mass is 16.5. The largest absolute Gasteiger partial charge is 0.456 e. The molecule has 216 valence electrons. The zero-order valence-corrected chi connectivity index (χ0v) is 24.9. The normalized spacial score (nSPS) is 11.7. The third-order valence-electron chi connectivity index (χ3n) is 9.01. The summed E-state index contributed by atoms with van der Waals surface area (Å²) in [6, 6.07) is 55.8. The summed E-state index contributed by atoms with van der Waals surface area (Å²) in [6.07, 6.45) is 0. The molecule has 0 spiro atoms. The number of nitrogens with zero attached hydrogens (tertiary/aromatic N) is 1. The molecule has 2 heterocycles. The van der Waals surface area contributed by atoms with Gasteiger partial charge in [0, 0.05) is 33.0 Å². The molecule has 0 unspecified atom stereocenters. The Kier molecular flexibility index (Phi) is 5.97. The highest BCUT2D eigenvalue weighted by molar-refractivity contribution is 6.13. The van der Waals surface area contributed by atoms with Crippen molar-refractivity contribution in [1.29, 1.82) is 0 Å². The van der Waals surface area contributed by atoms with Crippen molar-refractivity contribution >= 4 is 21.7 Å². The Labute approximate surface area is 266 Å². The average Bonchev–Trinajstić information content (AvgIpc) is 3.13. The van der Waals surface area contributed by atoms with Gasteiger partial charge in [-0.25, -0.2) is 0 Å². The van der Waals surface area contributed by atoms with Crippen molar-refractivity contribution in [2.24, 2.45) is 0 Å². The van der Waals surface area contributed by atoms with Crippen molar-refractivity contribution in [1.82, 2.24) is 4.57 Å². The van der Waals surface area contributed by atoms with Crippen LogP contribution in [0.5, 0.6) is 11.5 Å². The molecule has 3 heteroatoms. The van der Waals surface area contributed by atoms with E-state index in [-0.39, 0.29) is 5.56 Å². The minimum absolute atomic E-state index is 0.0537. The summed E-state index contributed by atoms with van der Waals surface area (Å²) in [5.41, 5.74) is 9.67. The Bertz CT molecular complexity index is 2510.